The first-order valence-corrected chi connectivity index (χ1v) is 10.4. The van der Waals surface area contributed by atoms with E-state index in [1.54, 1.807) is 0 Å². The van der Waals surface area contributed by atoms with Crippen LogP contribution in [0.4, 0.5) is 27.6 Å². The van der Waals surface area contributed by atoms with Gasteiger partial charge in [0.1, 0.15) is 17.9 Å². The third kappa shape index (κ3) is 4.60. The molecule has 2 aliphatic rings. The van der Waals surface area contributed by atoms with Gasteiger partial charge in [-0.1, -0.05) is 18.6 Å². The van der Waals surface area contributed by atoms with Crippen LogP contribution in [0.15, 0.2) is 47.5 Å². The van der Waals surface area contributed by atoms with Gasteiger partial charge in [0.15, 0.2) is 11.6 Å². The molecule has 1 spiro atoms. The van der Waals surface area contributed by atoms with E-state index >= 15 is 0 Å². The highest BCUT2D eigenvalue weighted by Crippen LogP contribution is 2.40. The molecule has 5 nitrogen and oxygen atoms in total. The molecule has 2 amide bonds. The minimum absolute atomic E-state index is 0.00579. The SMILES string of the molecule is O=C(CN1C(=O)C(c2ccc(C(F)(F)F)cc2)=NC12CCCCC2)Nc1ccc(F)c(F)c1. The molecule has 0 radical (unpaired) electrons. The van der Waals surface area contributed by atoms with E-state index < -0.39 is 40.9 Å². The van der Waals surface area contributed by atoms with Gasteiger partial charge in [-0.15, -0.1) is 0 Å². The summed E-state index contributed by atoms with van der Waals surface area (Å²) in [6.45, 7) is -0.383. The third-order valence-corrected chi connectivity index (χ3v) is 5.92. The van der Waals surface area contributed by atoms with E-state index in [4.69, 9.17) is 0 Å². The van der Waals surface area contributed by atoms with Crippen LogP contribution in [0.1, 0.15) is 43.2 Å². The largest absolute Gasteiger partial charge is 0.416 e. The van der Waals surface area contributed by atoms with Crippen LogP contribution in [0.2, 0.25) is 0 Å². The predicted molar refractivity (Wildman–Crippen MR) is 110 cm³/mol. The highest BCUT2D eigenvalue weighted by molar-refractivity contribution is 6.47. The van der Waals surface area contributed by atoms with Crippen LogP contribution in [0.25, 0.3) is 0 Å². The Morgan fingerprint density at radius 3 is 2.27 bits per heavy atom. The van der Waals surface area contributed by atoms with Gasteiger partial charge in [-0.3, -0.25) is 14.6 Å². The Kier molecular flexibility index (Phi) is 5.94. The number of hydrogen-bond donors (Lipinski definition) is 1. The lowest BCUT2D eigenvalue weighted by atomic mass is 9.88. The number of aliphatic imine (C=N–C) groups is 1. The molecule has 0 aromatic heterocycles. The van der Waals surface area contributed by atoms with Gasteiger partial charge in [-0.25, -0.2) is 8.78 Å². The highest BCUT2D eigenvalue weighted by atomic mass is 19.4. The van der Waals surface area contributed by atoms with Gasteiger partial charge in [0, 0.05) is 17.3 Å². The molecule has 0 bridgehead atoms. The topological polar surface area (TPSA) is 61.8 Å². The second-order valence-corrected chi connectivity index (χ2v) is 8.15. The van der Waals surface area contributed by atoms with E-state index in [-0.39, 0.29) is 23.5 Å². The first-order valence-electron chi connectivity index (χ1n) is 10.4. The fourth-order valence-electron chi connectivity index (χ4n) is 4.27. The number of benzene rings is 2. The number of amides is 2. The van der Waals surface area contributed by atoms with Crippen molar-refractivity contribution < 1.29 is 31.5 Å². The summed E-state index contributed by atoms with van der Waals surface area (Å²) >= 11 is 0. The van der Waals surface area contributed by atoms with E-state index in [9.17, 15) is 31.5 Å². The summed E-state index contributed by atoms with van der Waals surface area (Å²) in [6, 6.07) is 7.07. The molecular formula is C23H20F5N3O2. The third-order valence-electron chi connectivity index (χ3n) is 5.92. The average molecular weight is 465 g/mol. The molecule has 1 saturated carbocycles. The van der Waals surface area contributed by atoms with Crippen LogP contribution in [-0.2, 0) is 15.8 Å². The molecule has 1 aliphatic heterocycles. The highest BCUT2D eigenvalue weighted by Gasteiger charge is 2.48. The van der Waals surface area contributed by atoms with Crippen molar-refractivity contribution in [2.75, 3.05) is 11.9 Å². The molecule has 0 atom stereocenters. The number of carbonyl (C=O) groups is 2. The number of hydrogen-bond acceptors (Lipinski definition) is 3. The monoisotopic (exact) mass is 465 g/mol. The Hall–Kier alpha value is -3.30. The lowest BCUT2D eigenvalue weighted by molar-refractivity contribution is -0.137. The molecule has 1 aliphatic carbocycles. The smallest absolute Gasteiger partial charge is 0.324 e. The molecule has 33 heavy (non-hydrogen) atoms. The van der Waals surface area contributed by atoms with Crippen molar-refractivity contribution in [1.29, 1.82) is 0 Å². The second kappa shape index (κ2) is 8.57. The zero-order valence-electron chi connectivity index (χ0n) is 17.4. The fourth-order valence-corrected chi connectivity index (χ4v) is 4.27. The maximum Gasteiger partial charge on any atom is 0.416 e. The minimum Gasteiger partial charge on any atom is -0.324 e. The zero-order valence-corrected chi connectivity index (χ0v) is 17.4. The Morgan fingerprint density at radius 2 is 1.67 bits per heavy atom. The molecular weight excluding hydrogens is 445 g/mol. The predicted octanol–water partition coefficient (Wildman–Crippen LogP) is 4.91. The summed E-state index contributed by atoms with van der Waals surface area (Å²) in [6.07, 6.45) is -0.982. The van der Waals surface area contributed by atoms with Crippen molar-refractivity contribution in [3.05, 3.63) is 65.2 Å². The molecule has 1 N–H and O–H groups in total. The Labute approximate surface area is 186 Å². The van der Waals surface area contributed by atoms with Gasteiger partial charge in [-0.2, -0.15) is 13.2 Å². The van der Waals surface area contributed by atoms with Crippen molar-refractivity contribution >= 4 is 23.2 Å². The number of nitrogens with zero attached hydrogens (tertiary/aromatic N) is 2. The molecule has 1 heterocycles. The molecule has 0 saturated heterocycles. The first kappa shape index (κ1) is 22.9. The van der Waals surface area contributed by atoms with Gasteiger partial charge in [0.05, 0.1) is 5.56 Å². The summed E-state index contributed by atoms with van der Waals surface area (Å²) in [5.41, 5.74) is -1.52. The van der Waals surface area contributed by atoms with Crippen molar-refractivity contribution in [3.63, 3.8) is 0 Å². The maximum atomic E-state index is 13.4. The van der Waals surface area contributed by atoms with Gasteiger partial charge in [0.25, 0.3) is 5.91 Å². The van der Waals surface area contributed by atoms with E-state index in [2.05, 4.69) is 10.3 Å². The number of nitrogens with one attached hydrogen (secondary N) is 1. The molecule has 4 rings (SSSR count). The summed E-state index contributed by atoms with van der Waals surface area (Å²) in [5, 5.41) is 2.44. The number of alkyl halides is 3. The van der Waals surface area contributed by atoms with Gasteiger partial charge >= 0.3 is 6.18 Å². The van der Waals surface area contributed by atoms with E-state index in [1.807, 2.05) is 0 Å². The van der Waals surface area contributed by atoms with Crippen LogP contribution in [0.3, 0.4) is 0 Å². The van der Waals surface area contributed by atoms with Crippen LogP contribution < -0.4 is 5.32 Å². The normalized spacial score (nSPS) is 17.9. The second-order valence-electron chi connectivity index (χ2n) is 8.15. The number of carbonyl (C=O) groups excluding carboxylic acids is 2. The summed E-state index contributed by atoms with van der Waals surface area (Å²) in [5.74, 6) is -3.36. The van der Waals surface area contributed by atoms with E-state index in [1.165, 1.54) is 23.1 Å². The zero-order chi connectivity index (χ0) is 23.8. The first-order chi connectivity index (χ1) is 15.6. The lowest BCUT2D eigenvalue weighted by Crippen LogP contribution is -2.51. The van der Waals surface area contributed by atoms with Gasteiger partial charge < -0.3 is 10.2 Å². The number of rotatable bonds is 4. The number of anilines is 1. The molecule has 174 valence electrons. The van der Waals surface area contributed by atoms with E-state index in [0.717, 1.165) is 43.5 Å². The minimum atomic E-state index is -4.51. The van der Waals surface area contributed by atoms with Crippen molar-refractivity contribution in [3.8, 4) is 0 Å². The standard InChI is InChI=1S/C23H20F5N3O2/c24-17-9-8-16(12-18(17)25)29-19(32)13-31-21(33)20(30-22(31)10-2-1-3-11-22)14-4-6-15(7-5-14)23(26,27)28/h4-9,12H,1-3,10-11,13H2,(H,29,32). The van der Waals surface area contributed by atoms with Crippen molar-refractivity contribution in [2.45, 2.75) is 43.9 Å². The number of halogens is 5. The summed E-state index contributed by atoms with van der Waals surface area (Å²) in [7, 11) is 0. The quantitative estimate of drug-likeness (QED) is 0.652. The Balaban J connectivity index is 1.58. The summed E-state index contributed by atoms with van der Waals surface area (Å²) < 4.78 is 65.3. The molecule has 2 aromatic rings. The lowest BCUT2D eigenvalue weighted by Gasteiger charge is -2.38. The summed E-state index contributed by atoms with van der Waals surface area (Å²) in [4.78, 5) is 31.8. The molecule has 2 aromatic carbocycles. The van der Waals surface area contributed by atoms with Gasteiger partial charge in [0.2, 0.25) is 5.91 Å². The van der Waals surface area contributed by atoms with E-state index in [0.29, 0.717) is 12.8 Å². The van der Waals surface area contributed by atoms with Crippen LogP contribution in [-0.4, -0.2) is 34.6 Å². The van der Waals surface area contributed by atoms with Crippen LogP contribution in [0, 0.1) is 11.6 Å². The van der Waals surface area contributed by atoms with Crippen LogP contribution >= 0.6 is 0 Å². The molecule has 0 unspecified atom stereocenters. The Morgan fingerprint density at radius 1 is 1.00 bits per heavy atom. The van der Waals surface area contributed by atoms with Crippen molar-refractivity contribution in [1.82, 2.24) is 4.90 Å². The van der Waals surface area contributed by atoms with Gasteiger partial charge in [-0.05, 0) is 49.9 Å². The molecule has 1 fully saturated rings. The average Bonchev–Trinajstić information content (AvgIpc) is 3.02. The van der Waals surface area contributed by atoms with Crippen LogP contribution in [0.5, 0.6) is 0 Å². The molecule has 10 heteroatoms. The fraction of sp³-hybridized carbons (Fsp3) is 0.348. The Bertz CT molecular complexity index is 1110. The van der Waals surface area contributed by atoms with Crippen molar-refractivity contribution in [2.24, 2.45) is 4.99 Å². The maximum absolute atomic E-state index is 13.4.